The second kappa shape index (κ2) is 3.68. The average Bonchev–Trinajstić information content (AvgIpc) is 2.33. The van der Waals surface area contributed by atoms with Gasteiger partial charge in [0.25, 0.3) is 0 Å². The lowest BCUT2D eigenvalue weighted by molar-refractivity contribution is -1.12. The summed E-state index contributed by atoms with van der Waals surface area (Å²) in [5.41, 5.74) is 0. The number of hydrogen-bond acceptors (Lipinski definition) is 5. The van der Waals surface area contributed by atoms with Crippen LogP contribution < -0.4 is 0 Å². The summed E-state index contributed by atoms with van der Waals surface area (Å²) in [7, 11) is 0. The molecule has 1 aliphatic heterocycles. The number of hydroxylamine groups is 4. The number of carbonyl (C=O) groups is 3. The van der Waals surface area contributed by atoms with Gasteiger partial charge in [-0.2, -0.15) is 5.21 Å². The van der Waals surface area contributed by atoms with Gasteiger partial charge in [-0.15, -0.1) is 0 Å². The lowest BCUT2D eigenvalue weighted by atomic mass is 10.4. The summed E-state index contributed by atoms with van der Waals surface area (Å²) in [6, 6.07) is 0. The maximum atomic E-state index is 11.0. The maximum absolute atomic E-state index is 11.0. The Kier molecular flexibility index (Phi) is 2.98. The van der Waals surface area contributed by atoms with Crippen LogP contribution in [0.2, 0.25) is 0 Å². The Morgan fingerprint density at radius 2 is 1.92 bits per heavy atom. The average molecular weight is 300 g/mol. The predicted octanol–water partition coefficient (Wildman–Crippen LogP) is -0.0674. The molecule has 0 bridgehead atoms. The van der Waals surface area contributed by atoms with Gasteiger partial charge >= 0.3 is 17.8 Å². The maximum Gasteiger partial charge on any atom is 0.397 e. The van der Waals surface area contributed by atoms with Gasteiger partial charge in [-0.25, -0.2) is 19.2 Å². The molecule has 1 saturated heterocycles. The lowest BCUT2D eigenvalue weighted by Crippen LogP contribution is -2.50. The Hall–Kier alpha value is -0.540. The number of amides is 2. The van der Waals surface area contributed by atoms with Crippen LogP contribution in [0.3, 0.4) is 0 Å². The van der Waals surface area contributed by atoms with E-state index in [1.165, 1.54) is 0 Å². The van der Waals surface area contributed by atoms with E-state index in [0.717, 1.165) is 0 Å². The summed E-state index contributed by atoms with van der Waals surface area (Å²) in [6.45, 7) is 0. The van der Waals surface area contributed by atoms with E-state index in [1.807, 2.05) is 0 Å². The first-order valence-electron chi connectivity index (χ1n) is 3.47. The van der Waals surface area contributed by atoms with Gasteiger partial charge in [-0.3, -0.25) is 0 Å². The Balaban J connectivity index is 2.79. The van der Waals surface area contributed by atoms with E-state index in [-0.39, 0.29) is 17.3 Å². The van der Waals surface area contributed by atoms with Crippen LogP contribution in [-0.2, 0) is 19.2 Å². The van der Waals surface area contributed by atoms with Crippen molar-refractivity contribution in [1.29, 1.82) is 0 Å². The molecule has 0 radical (unpaired) electrons. The standard InChI is InChI=1S/C6H7INO5/c7-3-6(11)13-8(12)4(9)1-2-5(8)10/h12H,1-3H2/q+1. The summed E-state index contributed by atoms with van der Waals surface area (Å²) in [4.78, 5) is 35.2. The van der Waals surface area contributed by atoms with E-state index in [4.69, 9.17) is 0 Å². The molecule has 2 amide bonds. The van der Waals surface area contributed by atoms with Crippen LogP contribution in [-0.4, -0.2) is 32.2 Å². The number of carbonyl (C=O) groups excluding carboxylic acids is 3. The monoisotopic (exact) mass is 300 g/mol. The highest BCUT2D eigenvalue weighted by atomic mass is 127. The number of alkyl halides is 1. The third kappa shape index (κ3) is 1.86. The highest BCUT2D eigenvalue weighted by Crippen LogP contribution is 2.20. The zero-order chi connectivity index (χ0) is 10.1. The third-order valence-electron chi connectivity index (χ3n) is 1.57. The van der Waals surface area contributed by atoms with E-state index in [2.05, 4.69) is 4.84 Å². The molecule has 0 atom stereocenters. The molecule has 0 saturated carbocycles. The molecule has 1 N–H and O–H groups in total. The zero-order valence-corrected chi connectivity index (χ0v) is 8.68. The van der Waals surface area contributed by atoms with Gasteiger partial charge in [-0.05, 0) is 0 Å². The minimum absolute atomic E-state index is 0.0289. The van der Waals surface area contributed by atoms with Gasteiger partial charge in [0.2, 0.25) is 0 Å². The van der Waals surface area contributed by atoms with Crippen molar-refractivity contribution < 1.29 is 29.2 Å². The molecule has 6 nitrogen and oxygen atoms in total. The van der Waals surface area contributed by atoms with Crippen molar-refractivity contribution in [2.24, 2.45) is 0 Å². The van der Waals surface area contributed by atoms with Gasteiger partial charge in [0.1, 0.15) is 9.24 Å². The van der Waals surface area contributed by atoms with Gasteiger partial charge in [0.15, 0.2) is 0 Å². The molecule has 7 heteroatoms. The summed E-state index contributed by atoms with van der Waals surface area (Å²) in [5, 5.41) is 9.32. The fraction of sp³-hybridized carbons (Fsp3) is 0.500. The van der Waals surface area contributed by atoms with Crippen LogP contribution in [0, 0.1) is 0 Å². The highest BCUT2D eigenvalue weighted by Gasteiger charge is 2.55. The number of imide groups is 1. The molecule has 0 aliphatic carbocycles. The molecule has 72 valence electrons. The molecular weight excluding hydrogens is 293 g/mol. The van der Waals surface area contributed by atoms with Gasteiger partial charge in [0, 0.05) is 0 Å². The number of nitrogens with zero attached hydrogens (tertiary/aromatic N) is 1. The van der Waals surface area contributed by atoms with Crippen molar-refractivity contribution >= 4 is 40.4 Å². The number of hydrogen-bond donors (Lipinski definition) is 1. The molecule has 13 heavy (non-hydrogen) atoms. The van der Waals surface area contributed by atoms with E-state index in [0.29, 0.717) is 0 Å². The third-order valence-corrected chi connectivity index (χ3v) is 2.19. The van der Waals surface area contributed by atoms with Crippen LogP contribution in [0.1, 0.15) is 12.8 Å². The van der Waals surface area contributed by atoms with Crippen molar-refractivity contribution in [2.45, 2.75) is 12.8 Å². The fourth-order valence-electron chi connectivity index (χ4n) is 0.930. The SMILES string of the molecule is O=C(CI)O[N+]1(O)C(=O)CCC1=O. The highest BCUT2D eigenvalue weighted by molar-refractivity contribution is 14.1. The lowest BCUT2D eigenvalue weighted by Gasteiger charge is -2.14. The van der Waals surface area contributed by atoms with Crippen LogP contribution in [0.4, 0.5) is 0 Å². The molecule has 1 heterocycles. The first kappa shape index (κ1) is 10.5. The Morgan fingerprint density at radius 1 is 1.46 bits per heavy atom. The van der Waals surface area contributed by atoms with Crippen LogP contribution >= 0.6 is 22.6 Å². The van der Waals surface area contributed by atoms with Crippen LogP contribution in [0.25, 0.3) is 0 Å². The van der Waals surface area contributed by atoms with E-state index in [9.17, 15) is 19.6 Å². The van der Waals surface area contributed by atoms with Crippen LogP contribution in [0.5, 0.6) is 0 Å². The molecule has 0 spiro atoms. The minimum atomic E-state index is -1.82. The zero-order valence-electron chi connectivity index (χ0n) is 6.53. The van der Waals surface area contributed by atoms with Gasteiger partial charge in [0.05, 0.1) is 12.8 Å². The summed E-state index contributed by atoms with van der Waals surface area (Å²) < 4.78 is -0.0289. The molecular formula is C6H7INO5+. The quantitative estimate of drug-likeness (QED) is 0.254. The summed E-state index contributed by atoms with van der Waals surface area (Å²) in [5.74, 6) is -2.40. The van der Waals surface area contributed by atoms with Gasteiger partial charge < -0.3 is 0 Å². The van der Waals surface area contributed by atoms with Crippen molar-refractivity contribution in [2.75, 3.05) is 4.43 Å². The van der Waals surface area contributed by atoms with E-state index in [1.54, 1.807) is 22.6 Å². The number of rotatable bonds is 2. The summed E-state index contributed by atoms with van der Waals surface area (Å²) in [6.07, 6.45) is -0.187. The molecule has 0 aromatic rings. The fourth-order valence-corrected chi connectivity index (χ4v) is 1.07. The Bertz CT molecular complexity index is 260. The normalized spacial score (nSPS) is 20.5. The molecule has 0 unspecified atom stereocenters. The Morgan fingerprint density at radius 3 is 2.31 bits per heavy atom. The second-order valence-electron chi connectivity index (χ2n) is 2.46. The first-order chi connectivity index (χ1) is 6.00. The molecule has 0 aromatic heterocycles. The topological polar surface area (TPSA) is 80.7 Å². The van der Waals surface area contributed by atoms with E-state index >= 15 is 0 Å². The largest absolute Gasteiger partial charge is 0.397 e. The predicted molar refractivity (Wildman–Crippen MR) is 46.3 cm³/mol. The van der Waals surface area contributed by atoms with Crippen molar-refractivity contribution in [3.05, 3.63) is 0 Å². The smallest absolute Gasteiger partial charge is 0.244 e. The molecule has 1 aliphatic rings. The molecule has 1 rings (SSSR count). The summed E-state index contributed by atoms with van der Waals surface area (Å²) >= 11 is 1.70. The van der Waals surface area contributed by atoms with Crippen molar-refractivity contribution in [3.8, 4) is 0 Å². The number of halogens is 1. The molecule has 1 fully saturated rings. The Labute approximate surface area is 87.1 Å². The van der Waals surface area contributed by atoms with Gasteiger partial charge in [-0.1, -0.05) is 22.6 Å². The van der Waals surface area contributed by atoms with E-state index < -0.39 is 22.6 Å². The minimum Gasteiger partial charge on any atom is -0.244 e. The van der Waals surface area contributed by atoms with Crippen molar-refractivity contribution in [3.63, 3.8) is 0 Å². The first-order valence-corrected chi connectivity index (χ1v) is 5.00. The van der Waals surface area contributed by atoms with Crippen LogP contribution in [0.15, 0.2) is 0 Å². The number of quaternary nitrogens is 1. The molecule has 0 aromatic carbocycles. The second-order valence-corrected chi connectivity index (χ2v) is 3.22. The van der Waals surface area contributed by atoms with Crippen molar-refractivity contribution in [1.82, 2.24) is 0 Å².